The van der Waals surface area contributed by atoms with Crippen molar-refractivity contribution < 1.29 is 18.0 Å². The van der Waals surface area contributed by atoms with E-state index in [4.69, 9.17) is 0 Å². The summed E-state index contributed by atoms with van der Waals surface area (Å²) in [6.07, 6.45) is 2.39. The molecule has 3 aromatic rings. The molecular weight excluding hydrogens is 393 g/mol. The lowest BCUT2D eigenvalue weighted by atomic mass is 9.85. The Morgan fingerprint density at radius 2 is 1.93 bits per heavy atom. The molecule has 1 fully saturated rings. The number of hydrogen-bond acceptors (Lipinski definition) is 3. The smallest absolute Gasteiger partial charge is 0.254 e. The number of hydrogen-bond donors (Lipinski definition) is 2. The Morgan fingerprint density at radius 3 is 2.63 bits per heavy atom. The molecule has 30 heavy (non-hydrogen) atoms. The average molecular weight is 414 g/mol. The zero-order chi connectivity index (χ0) is 21.3. The van der Waals surface area contributed by atoms with Gasteiger partial charge in [-0.1, -0.05) is 12.1 Å². The molecule has 0 unspecified atom stereocenters. The molecule has 1 aliphatic rings. The van der Waals surface area contributed by atoms with Crippen LogP contribution >= 0.6 is 0 Å². The van der Waals surface area contributed by atoms with Gasteiger partial charge in [-0.05, 0) is 48.9 Å². The van der Waals surface area contributed by atoms with E-state index in [-0.39, 0.29) is 17.5 Å². The van der Waals surface area contributed by atoms with Crippen LogP contribution in [0.25, 0.3) is 11.3 Å². The number of nitrogens with zero attached hydrogens (tertiary/aromatic N) is 2. The monoisotopic (exact) mass is 414 g/mol. The molecule has 2 heterocycles. The van der Waals surface area contributed by atoms with Gasteiger partial charge in [0.25, 0.3) is 5.91 Å². The molecule has 1 aromatic heterocycles. The Morgan fingerprint density at radius 1 is 1.10 bits per heavy atom. The maximum absolute atomic E-state index is 14.7. The molecule has 156 valence electrons. The quantitative estimate of drug-likeness (QED) is 0.688. The molecule has 1 saturated heterocycles. The van der Waals surface area contributed by atoms with Crippen LogP contribution in [0.1, 0.15) is 28.3 Å². The zero-order valence-corrected chi connectivity index (χ0v) is 16.3. The van der Waals surface area contributed by atoms with Crippen molar-refractivity contribution in [2.75, 3.05) is 13.1 Å². The van der Waals surface area contributed by atoms with Gasteiger partial charge in [-0.15, -0.1) is 0 Å². The predicted molar refractivity (Wildman–Crippen MR) is 106 cm³/mol. The fourth-order valence-corrected chi connectivity index (χ4v) is 3.83. The van der Waals surface area contributed by atoms with Crippen LogP contribution in [0, 0.1) is 17.5 Å². The fraction of sp³-hybridized carbons (Fsp3) is 0.273. The summed E-state index contributed by atoms with van der Waals surface area (Å²) >= 11 is 0. The number of benzene rings is 2. The summed E-state index contributed by atoms with van der Waals surface area (Å²) in [5, 5.41) is 10.3. The molecule has 1 amide bonds. The number of piperidine rings is 1. The highest BCUT2D eigenvalue weighted by Gasteiger charge is 2.29. The highest BCUT2D eigenvalue weighted by Crippen LogP contribution is 2.28. The number of halogens is 3. The second-order valence-electron chi connectivity index (χ2n) is 7.42. The van der Waals surface area contributed by atoms with Crippen molar-refractivity contribution >= 4 is 5.91 Å². The Kier molecular flexibility index (Phi) is 5.59. The van der Waals surface area contributed by atoms with Crippen molar-refractivity contribution in [3.05, 3.63) is 77.2 Å². The number of carbonyl (C=O) groups is 1. The van der Waals surface area contributed by atoms with E-state index in [9.17, 15) is 18.0 Å². The van der Waals surface area contributed by atoms with Gasteiger partial charge in [-0.25, -0.2) is 13.2 Å². The van der Waals surface area contributed by atoms with Crippen molar-refractivity contribution in [3.8, 4) is 11.3 Å². The highest BCUT2D eigenvalue weighted by atomic mass is 19.2. The van der Waals surface area contributed by atoms with Gasteiger partial charge in [0.15, 0.2) is 11.6 Å². The number of carbonyl (C=O) groups excluding carboxylic acids is 1. The number of amides is 1. The molecule has 1 aliphatic heterocycles. The lowest BCUT2D eigenvalue weighted by Gasteiger charge is -2.33. The largest absolute Gasteiger partial charge is 0.347 e. The molecule has 0 aliphatic carbocycles. The van der Waals surface area contributed by atoms with Crippen LogP contribution in [0.15, 0.2) is 48.7 Å². The van der Waals surface area contributed by atoms with Crippen molar-refractivity contribution in [2.45, 2.75) is 18.4 Å². The molecule has 4 rings (SSSR count). The topological polar surface area (TPSA) is 59.0 Å². The molecule has 0 bridgehead atoms. The van der Waals surface area contributed by atoms with E-state index in [1.165, 1.54) is 18.2 Å². The van der Waals surface area contributed by atoms with E-state index in [1.54, 1.807) is 30.1 Å². The Bertz CT molecular complexity index is 1080. The third-order valence-electron chi connectivity index (χ3n) is 5.39. The van der Waals surface area contributed by atoms with E-state index in [1.807, 2.05) is 0 Å². The highest BCUT2D eigenvalue weighted by molar-refractivity contribution is 5.95. The third-order valence-corrected chi connectivity index (χ3v) is 5.39. The van der Waals surface area contributed by atoms with E-state index in [2.05, 4.69) is 15.7 Å². The first-order valence-corrected chi connectivity index (χ1v) is 9.68. The summed E-state index contributed by atoms with van der Waals surface area (Å²) in [4.78, 5) is 12.8. The molecule has 2 aromatic carbocycles. The first kappa shape index (κ1) is 20.2. The van der Waals surface area contributed by atoms with Crippen LogP contribution in [0.4, 0.5) is 13.2 Å². The minimum absolute atomic E-state index is 0.0794. The van der Waals surface area contributed by atoms with Crippen molar-refractivity contribution in [2.24, 2.45) is 7.05 Å². The molecular formula is C22H21F3N4O. The average Bonchev–Trinajstić information content (AvgIpc) is 3.17. The summed E-state index contributed by atoms with van der Waals surface area (Å²) < 4.78 is 43.3. The SMILES string of the molecule is Cn1ccc(-c2ccc(C(=O)N[C@@H]3CNCC[C@H]3c3ccc(F)c(F)c3)c(F)c2)n1. The van der Waals surface area contributed by atoms with Gasteiger partial charge in [0.05, 0.1) is 11.3 Å². The van der Waals surface area contributed by atoms with Gasteiger partial charge < -0.3 is 10.6 Å². The number of rotatable bonds is 4. The normalized spacial score (nSPS) is 18.9. The molecule has 5 nitrogen and oxygen atoms in total. The Balaban J connectivity index is 1.53. The molecule has 0 saturated carbocycles. The van der Waals surface area contributed by atoms with Crippen molar-refractivity contribution in [1.29, 1.82) is 0 Å². The van der Waals surface area contributed by atoms with Crippen molar-refractivity contribution in [1.82, 2.24) is 20.4 Å². The summed E-state index contributed by atoms with van der Waals surface area (Å²) in [7, 11) is 1.77. The van der Waals surface area contributed by atoms with Gasteiger partial charge >= 0.3 is 0 Å². The van der Waals surface area contributed by atoms with Gasteiger partial charge in [-0.3, -0.25) is 9.48 Å². The summed E-state index contributed by atoms with van der Waals surface area (Å²) in [6.45, 7) is 1.13. The maximum Gasteiger partial charge on any atom is 0.254 e. The number of aryl methyl sites for hydroxylation is 1. The summed E-state index contributed by atoms with van der Waals surface area (Å²) in [5.74, 6) is -3.25. The zero-order valence-electron chi connectivity index (χ0n) is 16.3. The number of aromatic nitrogens is 2. The van der Waals surface area contributed by atoms with E-state index >= 15 is 0 Å². The second-order valence-corrected chi connectivity index (χ2v) is 7.42. The lowest BCUT2D eigenvalue weighted by molar-refractivity contribution is 0.0920. The van der Waals surface area contributed by atoms with Gasteiger partial charge in [0.1, 0.15) is 5.82 Å². The van der Waals surface area contributed by atoms with Crippen LogP contribution in [-0.4, -0.2) is 34.8 Å². The molecule has 0 radical (unpaired) electrons. The van der Waals surface area contributed by atoms with Crippen LogP contribution in [0.5, 0.6) is 0 Å². The Hall–Kier alpha value is -3.13. The second kappa shape index (κ2) is 8.31. The summed E-state index contributed by atoms with van der Waals surface area (Å²) in [6, 6.07) is 9.50. The molecule has 0 spiro atoms. The molecule has 2 atom stereocenters. The van der Waals surface area contributed by atoms with Crippen LogP contribution in [0.3, 0.4) is 0 Å². The standard InChI is InChI=1S/C22H21F3N4O/c1-29-9-7-20(28-29)14-2-4-16(18(24)11-14)22(30)27-21-12-26-8-6-15(21)13-3-5-17(23)19(25)10-13/h2-5,7,9-11,15,21,26H,6,8,12H2,1H3,(H,27,30)/t15-,21+/m0/s1. The third kappa shape index (κ3) is 4.09. The van der Waals surface area contributed by atoms with E-state index in [0.717, 1.165) is 12.1 Å². The minimum atomic E-state index is -0.924. The summed E-state index contributed by atoms with van der Waals surface area (Å²) in [5.41, 5.74) is 1.71. The van der Waals surface area contributed by atoms with Crippen LogP contribution in [-0.2, 0) is 7.05 Å². The molecule has 8 heteroatoms. The Labute approximate surface area is 171 Å². The van der Waals surface area contributed by atoms with E-state index in [0.29, 0.717) is 36.3 Å². The van der Waals surface area contributed by atoms with Gasteiger partial charge in [0.2, 0.25) is 0 Å². The minimum Gasteiger partial charge on any atom is -0.347 e. The predicted octanol–water partition coefficient (Wildman–Crippen LogP) is 3.38. The first-order valence-electron chi connectivity index (χ1n) is 9.68. The number of nitrogens with one attached hydrogen (secondary N) is 2. The maximum atomic E-state index is 14.7. The van der Waals surface area contributed by atoms with Crippen molar-refractivity contribution in [3.63, 3.8) is 0 Å². The van der Waals surface area contributed by atoms with Crippen LogP contribution in [0.2, 0.25) is 0 Å². The first-order chi connectivity index (χ1) is 14.4. The lowest BCUT2D eigenvalue weighted by Crippen LogP contribution is -2.50. The van der Waals surface area contributed by atoms with E-state index < -0.39 is 23.4 Å². The fourth-order valence-electron chi connectivity index (χ4n) is 3.83. The van der Waals surface area contributed by atoms with Crippen LogP contribution < -0.4 is 10.6 Å². The van der Waals surface area contributed by atoms with Gasteiger partial charge in [-0.2, -0.15) is 5.10 Å². The molecule has 2 N–H and O–H groups in total. The van der Waals surface area contributed by atoms with Gasteiger partial charge in [0, 0.05) is 37.3 Å².